The average Bonchev–Trinajstić information content (AvgIpc) is 2.87. The Morgan fingerprint density at radius 1 is 0.457 bits per heavy atom. The molecular weight excluding hydrogens is 432 g/mol. The summed E-state index contributed by atoms with van der Waals surface area (Å²) in [5, 5.41) is 9.60. The van der Waals surface area contributed by atoms with Crippen molar-refractivity contribution >= 4 is 0 Å². The van der Waals surface area contributed by atoms with Crippen LogP contribution in [0.2, 0.25) is 0 Å². The molecule has 0 fully saturated rings. The van der Waals surface area contributed by atoms with Crippen LogP contribution in [-0.4, -0.2) is 18.3 Å². The third-order valence-corrected chi connectivity index (χ3v) is 6.91. The molecule has 0 unspecified atom stereocenters. The zero-order valence-corrected chi connectivity index (χ0v) is 23.5. The zero-order chi connectivity index (χ0) is 25.2. The van der Waals surface area contributed by atoms with Gasteiger partial charge in [0.05, 0.1) is 19.8 Å². The van der Waals surface area contributed by atoms with E-state index < -0.39 is 0 Å². The fourth-order valence-corrected chi connectivity index (χ4v) is 4.62. The van der Waals surface area contributed by atoms with Gasteiger partial charge in [-0.1, -0.05) is 136 Å². The molecule has 1 N–H and O–H groups in total. The molecule has 3 nitrogen and oxygen atoms in total. The van der Waals surface area contributed by atoms with Gasteiger partial charge in [0.2, 0.25) is 0 Å². The van der Waals surface area contributed by atoms with Crippen LogP contribution in [0.3, 0.4) is 0 Å². The standard InChI is InChI=1S/C32H58O3/c1-3-5-7-9-11-13-14-15-16-17-19-21-23-25-35-32-27-30(29-33)26-31(28-32)34-24-22-20-18-12-10-8-6-4-2/h26-28,33H,3-25,29H2,1-2H3. The van der Waals surface area contributed by atoms with Gasteiger partial charge in [0.15, 0.2) is 0 Å². The van der Waals surface area contributed by atoms with Crippen molar-refractivity contribution in [1.82, 2.24) is 0 Å². The number of unbranched alkanes of at least 4 members (excludes halogenated alkanes) is 19. The largest absolute Gasteiger partial charge is 0.493 e. The lowest BCUT2D eigenvalue weighted by molar-refractivity contribution is 0.271. The van der Waals surface area contributed by atoms with E-state index in [0.717, 1.165) is 43.1 Å². The highest BCUT2D eigenvalue weighted by atomic mass is 16.5. The zero-order valence-electron chi connectivity index (χ0n) is 23.5. The maximum atomic E-state index is 9.60. The van der Waals surface area contributed by atoms with Crippen molar-refractivity contribution in [2.24, 2.45) is 0 Å². The molecule has 0 heterocycles. The van der Waals surface area contributed by atoms with E-state index in [1.807, 2.05) is 18.2 Å². The first-order valence-electron chi connectivity index (χ1n) is 15.3. The van der Waals surface area contributed by atoms with Crippen molar-refractivity contribution < 1.29 is 14.6 Å². The number of rotatable bonds is 26. The summed E-state index contributed by atoms with van der Waals surface area (Å²) in [6, 6.07) is 5.85. The van der Waals surface area contributed by atoms with Gasteiger partial charge in [-0.3, -0.25) is 0 Å². The Morgan fingerprint density at radius 2 is 0.771 bits per heavy atom. The fourth-order valence-electron chi connectivity index (χ4n) is 4.62. The van der Waals surface area contributed by atoms with Crippen molar-refractivity contribution in [1.29, 1.82) is 0 Å². The van der Waals surface area contributed by atoms with Gasteiger partial charge in [-0.2, -0.15) is 0 Å². The SMILES string of the molecule is CCCCCCCCCCCCCCCOc1cc(CO)cc(OCCCCCCCCCC)c1. The van der Waals surface area contributed by atoms with Crippen molar-refractivity contribution in [2.75, 3.05) is 13.2 Å². The summed E-state index contributed by atoms with van der Waals surface area (Å²) in [6.45, 7) is 6.04. The number of benzene rings is 1. The summed E-state index contributed by atoms with van der Waals surface area (Å²) in [5.74, 6) is 1.64. The number of hydrogen-bond acceptors (Lipinski definition) is 3. The third-order valence-electron chi connectivity index (χ3n) is 6.91. The maximum Gasteiger partial charge on any atom is 0.123 e. The van der Waals surface area contributed by atoms with Crippen LogP contribution >= 0.6 is 0 Å². The van der Waals surface area contributed by atoms with Crippen molar-refractivity contribution in [3.63, 3.8) is 0 Å². The molecule has 1 rings (SSSR count). The predicted molar refractivity (Wildman–Crippen MR) is 152 cm³/mol. The smallest absolute Gasteiger partial charge is 0.123 e. The minimum Gasteiger partial charge on any atom is -0.493 e. The van der Waals surface area contributed by atoms with Crippen LogP contribution < -0.4 is 9.47 Å². The minimum atomic E-state index is 0.0179. The number of aliphatic hydroxyl groups is 1. The molecular formula is C32H58O3. The van der Waals surface area contributed by atoms with Crippen LogP contribution in [0, 0.1) is 0 Å². The normalized spacial score (nSPS) is 11.2. The summed E-state index contributed by atoms with van der Waals surface area (Å²) in [4.78, 5) is 0. The first kappa shape index (κ1) is 31.8. The van der Waals surface area contributed by atoms with Gasteiger partial charge in [0, 0.05) is 6.07 Å². The molecule has 0 radical (unpaired) electrons. The molecule has 0 aromatic heterocycles. The Morgan fingerprint density at radius 3 is 1.09 bits per heavy atom. The van der Waals surface area contributed by atoms with E-state index in [1.165, 1.54) is 122 Å². The topological polar surface area (TPSA) is 38.7 Å². The van der Waals surface area contributed by atoms with Crippen molar-refractivity contribution in [2.45, 2.75) is 155 Å². The van der Waals surface area contributed by atoms with Gasteiger partial charge in [0.1, 0.15) is 11.5 Å². The Labute approximate surface area is 218 Å². The highest BCUT2D eigenvalue weighted by Gasteiger charge is 2.04. The van der Waals surface area contributed by atoms with Gasteiger partial charge in [-0.05, 0) is 30.5 Å². The first-order valence-corrected chi connectivity index (χ1v) is 15.3. The highest BCUT2D eigenvalue weighted by molar-refractivity contribution is 5.38. The summed E-state index contributed by atoms with van der Waals surface area (Å²) < 4.78 is 12.0. The molecule has 204 valence electrons. The lowest BCUT2D eigenvalue weighted by Gasteiger charge is -2.12. The molecule has 0 aliphatic carbocycles. The van der Waals surface area contributed by atoms with E-state index in [9.17, 15) is 5.11 Å². The van der Waals surface area contributed by atoms with Crippen LogP contribution in [-0.2, 0) is 6.61 Å². The van der Waals surface area contributed by atoms with Crippen LogP contribution in [0.15, 0.2) is 18.2 Å². The van der Waals surface area contributed by atoms with Gasteiger partial charge in [0.25, 0.3) is 0 Å². The molecule has 3 heteroatoms. The van der Waals surface area contributed by atoms with E-state index in [-0.39, 0.29) is 6.61 Å². The molecule has 1 aromatic carbocycles. The summed E-state index contributed by atoms with van der Waals surface area (Å²) in [6.07, 6.45) is 28.1. The number of aliphatic hydroxyl groups excluding tert-OH is 1. The first-order chi connectivity index (χ1) is 17.3. The molecule has 0 amide bonds. The molecule has 0 saturated carbocycles. The van der Waals surface area contributed by atoms with E-state index in [4.69, 9.17) is 9.47 Å². The number of hydrogen-bond donors (Lipinski definition) is 1. The van der Waals surface area contributed by atoms with Gasteiger partial charge >= 0.3 is 0 Å². The molecule has 1 aromatic rings. The average molecular weight is 491 g/mol. The Balaban J connectivity index is 2.06. The number of ether oxygens (including phenoxy) is 2. The Hall–Kier alpha value is -1.22. The molecule has 0 atom stereocenters. The van der Waals surface area contributed by atoms with Gasteiger partial charge in [-0.15, -0.1) is 0 Å². The van der Waals surface area contributed by atoms with E-state index in [1.54, 1.807) is 0 Å². The molecule has 0 spiro atoms. The van der Waals surface area contributed by atoms with Crippen molar-refractivity contribution in [3.8, 4) is 11.5 Å². The molecule has 0 aliphatic heterocycles. The van der Waals surface area contributed by atoms with Crippen LogP contribution in [0.4, 0.5) is 0 Å². The van der Waals surface area contributed by atoms with Gasteiger partial charge in [-0.25, -0.2) is 0 Å². The summed E-state index contributed by atoms with van der Waals surface area (Å²) in [5.41, 5.74) is 0.860. The monoisotopic (exact) mass is 490 g/mol. The van der Waals surface area contributed by atoms with E-state index >= 15 is 0 Å². The van der Waals surface area contributed by atoms with Crippen LogP contribution in [0.1, 0.15) is 154 Å². The second-order valence-corrected chi connectivity index (χ2v) is 10.4. The van der Waals surface area contributed by atoms with E-state index in [0.29, 0.717) is 0 Å². The molecule has 0 saturated heterocycles. The predicted octanol–water partition coefficient (Wildman–Crippen LogP) is 10.2. The second kappa shape index (κ2) is 24.5. The third kappa shape index (κ3) is 19.6. The lowest BCUT2D eigenvalue weighted by Crippen LogP contribution is -2.01. The molecule has 0 aliphatic rings. The van der Waals surface area contributed by atoms with Crippen LogP contribution in [0.25, 0.3) is 0 Å². The van der Waals surface area contributed by atoms with Gasteiger partial charge < -0.3 is 14.6 Å². The summed E-state index contributed by atoms with van der Waals surface area (Å²) >= 11 is 0. The van der Waals surface area contributed by atoms with Crippen LogP contribution in [0.5, 0.6) is 11.5 Å². The second-order valence-electron chi connectivity index (χ2n) is 10.4. The van der Waals surface area contributed by atoms with Crippen molar-refractivity contribution in [3.05, 3.63) is 23.8 Å². The maximum absolute atomic E-state index is 9.60. The molecule has 0 bridgehead atoms. The lowest BCUT2D eigenvalue weighted by atomic mass is 10.0. The quantitative estimate of drug-likeness (QED) is 0.131. The highest BCUT2D eigenvalue weighted by Crippen LogP contribution is 2.24. The fraction of sp³-hybridized carbons (Fsp3) is 0.812. The summed E-state index contributed by atoms with van der Waals surface area (Å²) in [7, 11) is 0. The minimum absolute atomic E-state index is 0.0179. The van der Waals surface area contributed by atoms with E-state index in [2.05, 4.69) is 13.8 Å². The Kier molecular flexibility index (Phi) is 22.2. The Bertz CT molecular complexity index is 572. The molecule has 35 heavy (non-hydrogen) atoms.